The third kappa shape index (κ3) is 1.88. The summed E-state index contributed by atoms with van der Waals surface area (Å²) in [6.07, 6.45) is 0. The molecule has 0 aliphatic heterocycles. The van der Waals surface area contributed by atoms with Gasteiger partial charge in [0.15, 0.2) is 0 Å². The molecular formula is C22H13ClO. The number of fused-ring (bicyclic) bond motifs is 4. The summed E-state index contributed by atoms with van der Waals surface area (Å²) in [5.74, 6) is 0. The van der Waals surface area contributed by atoms with Crippen molar-refractivity contribution in [1.29, 1.82) is 0 Å². The van der Waals surface area contributed by atoms with Gasteiger partial charge in [-0.05, 0) is 34.5 Å². The quantitative estimate of drug-likeness (QED) is 0.321. The molecule has 0 saturated heterocycles. The summed E-state index contributed by atoms with van der Waals surface area (Å²) >= 11 is 6.50. The maximum atomic E-state index is 6.50. The molecule has 0 saturated carbocycles. The molecule has 2 heteroatoms. The molecule has 5 aromatic rings. The molecule has 0 N–H and O–H groups in total. The van der Waals surface area contributed by atoms with Crippen LogP contribution >= 0.6 is 11.6 Å². The van der Waals surface area contributed by atoms with Gasteiger partial charge in [0.25, 0.3) is 0 Å². The molecule has 0 bridgehead atoms. The van der Waals surface area contributed by atoms with E-state index < -0.39 is 0 Å². The van der Waals surface area contributed by atoms with E-state index in [0.717, 1.165) is 38.1 Å². The van der Waals surface area contributed by atoms with E-state index in [4.69, 9.17) is 16.0 Å². The Morgan fingerprint density at radius 3 is 2.29 bits per heavy atom. The Bertz CT molecular complexity index is 1210. The van der Waals surface area contributed by atoms with Gasteiger partial charge in [0.05, 0.1) is 5.02 Å². The van der Waals surface area contributed by atoms with Gasteiger partial charge in [0.2, 0.25) is 0 Å². The Kier molecular flexibility index (Phi) is 2.91. The Morgan fingerprint density at radius 2 is 1.38 bits per heavy atom. The first-order valence-electron chi connectivity index (χ1n) is 7.91. The molecule has 0 unspecified atom stereocenters. The second-order valence-corrected chi connectivity index (χ2v) is 6.33. The number of rotatable bonds is 1. The smallest absolute Gasteiger partial charge is 0.144 e. The van der Waals surface area contributed by atoms with Gasteiger partial charge in [0, 0.05) is 16.3 Å². The first-order chi connectivity index (χ1) is 11.8. The predicted octanol–water partition coefficient (Wildman–Crippen LogP) is 7.06. The van der Waals surface area contributed by atoms with Crippen LogP contribution in [0.5, 0.6) is 0 Å². The van der Waals surface area contributed by atoms with E-state index >= 15 is 0 Å². The van der Waals surface area contributed by atoms with Crippen molar-refractivity contribution < 1.29 is 4.42 Å². The van der Waals surface area contributed by atoms with Crippen LogP contribution in [0.3, 0.4) is 0 Å². The lowest BCUT2D eigenvalue weighted by atomic mass is 9.97. The number of halogens is 1. The van der Waals surface area contributed by atoms with Gasteiger partial charge in [-0.2, -0.15) is 0 Å². The van der Waals surface area contributed by atoms with Crippen LogP contribution in [-0.2, 0) is 0 Å². The normalized spacial score (nSPS) is 11.5. The molecule has 1 heterocycles. The Hall–Kier alpha value is -2.77. The highest BCUT2D eigenvalue weighted by Crippen LogP contribution is 2.41. The summed E-state index contributed by atoms with van der Waals surface area (Å²) in [5.41, 5.74) is 3.94. The molecule has 5 rings (SSSR count). The average molecular weight is 329 g/mol. The lowest BCUT2D eigenvalue weighted by Gasteiger charge is -2.08. The van der Waals surface area contributed by atoms with E-state index in [1.807, 2.05) is 24.3 Å². The van der Waals surface area contributed by atoms with Gasteiger partial charge in [0.1, 0.15) is 11.2 Å². The molecule has 1 aromatic heterocycles. The molecule has 0 amide bonds. The second kappa shape index (κ2) is 5.12. The number of hydrogen-bond acceptors (Lipinski definition) is 1. The highest BCUT2D eigenvalue weighted by molar-refractivity contribution is 6.38. The summed E-state index contributed by atoms with van der Waals surface area (Å²) in [4.78, 5) is 0. The zero-order valence-electron chi connectivity index (χ0n) is 12.8. The van der Waals surface area contributed by atoms with Crippen LogP contribution in [0.1, 0.15) is 0 Å². The molecule has 4 aromatic carbocycles. The van der Waals surface area contributed by atoms with Crippen molar-refractivity contribution in [3.63, 3.8) is 0 Å². The minimum Gasteiger partial charge on any atom is -0.455 e. The summed E-state index contributed by atoms with van der Waals surface area (Å²) < 4.78 is 6.18. The van der Waals surface area contributed by atoms with E-state index in [1.54, 1.807) is 0 Å². The fraction of sp³-hybridized carbons (Fsp3) is 0. The minimum atomic E-state index is 0.721. The number of furan rings is 1. The second-order valence-electron chi connectivity index (χ2n) is 5.92. The Morgan fingerprint density at radius 1 is 0.625 bits per heavy atom. The number of benzene rings is 4. The standard InChI is InChI=1S/C22H13ClO/c23-19-13-12-17(16-10-5-7-14-6-1-2-8-15(14)16)22-21(19)18-9-3-4-11-20(18)24-22/h1-13H. The zero-order valence-corrected chi connectivity index (χ0v) is 13.5. The fourth-order valence-corrected chi connectivity index (χ4v) is 3.71. The van der Waals surface area contributed by atoms with Gasteiger partial charge in [-0.1, -0.05) is 72.3 Å². The van der Waals surface area contributed by atoms with Crippen molar-refractivity contribution in [3.8, 4) is 11.1 Å². The van der Waals surface area contributed by atoms with Gasteiger partial charge >= 0.3 is 0 Å². The third-order valence-corrected chi connectivity index (χ3v) is 4.87. The van der Waals surface area contributed by atoms with Crippen molar-refractivity contribution in [2.75, 3.05) is 0 Å². The highest BCUT2D eigenvalue weighted by atomic mass is 35.5. The van der Waals surface area contributed by atoms with Crippen LogP contribution in [0.15, 0.2) is 83.3 Å². The molecule has 114 valence electrons. The Balaban J connectivity index is 1.95. The van der Waals surface area contributed by atoms with Crippen molar-refractivity contribution in [2.24, 2.45) is 0 Å². The maximum absolute atomic E-state index is 6.50. The minimum absolute atomic E-state index is 0.721. The number of para-hydroxylation sites is 1. The van der Waals surface area contributed by atoms with Gasteiger partial charge in [-0.25, -0.2) is 0 Å². The molecule has 1 nitrogen and oxygen atoms in total. The van der Waals surface area contributed by atoms with Crippen LogP contribution in [-0.4, -0.2) is 0 Å². The topological polar surface area (TPSA) is 13.1 Å². The van der Waals surface area contributed by atoms with Gasteiger partial charge < -0.3 is 4.42 Å². The lowest BCUT2D eigenvalue weighted by Crippen LogP contribution is -1.82. The van der Waals surface area contributed by atoms with E-state index in [-0.39, 0.29) is 0 Å². The van der Waals surface area contributed by atoms with E-state index in [0.29, 0.717) is 0 Å². The lowest BCUT2D eigenvalue weighted by molar-refractivity contribution is 0.670. The highest BCUT2D eigenvalue weighted by Gasteiger charge is 2.16. The van der Waals surface area contributed by atoms with E-state index in [1.165, 1.54) is 10.8 Å². The molecule has 0 radical (unpaired) electrons. The van der Waals surface area contributed by atoms with Crippen molar-refractivity contribution >= 4 is 44.3 Å². The zero-order chi connectivity index (χ0) is 16.1. The van der Waals surface area contributed by atoms with Crippen molar-refractivity contribution in [1.82, 2.24) is 0 Å². The summed E-state index contributed by atoms with van der Waals surface area (Å²) in [6.45, 7) is 0. The molecule has 24 heavy (non-hydrogen) atoms. The third-order valence-electron chi connectivity index (χ3n) is 4.56. The van der Waals surface area contributed by atoms with Gasteiger partial charge in [-0.3, -0.25) is 0 Å². The molecule has 0 atom stereocenters. The fourth-order valence-electron chi connectivity index (χ4n) is 3.46. The number of hydrogen-bond donors (Lipinski definition) is 0. The SMILES string of the molecule is Clc1ccc(-c2cccc3ccccc23)c2oc3ccccc3c12. The summed E-state index contributed by atoms with van der Waals surface area (Å²) in [6, 6.07) is 26.8. The van der Waals surface area contributed by atoms with Crippen LogP contribution in [0.4, 0.5) is 0 Å². The van der Waals surface area contributed by atoms with Crippen LogP contribution in [0.25, 0.3) is 43.8 Å². The summed E-state index contributed by atoms with van der Waals surface area (Å²) in [7, 11) is 0. The van der Waals surface area contributed by atoms with Crippen LogP contribution < -0.4 is 0 Å². The molecular weight excluding hydrogens is 316 g/mol. The van der Waals surface area contributed by atoms with Crippen molar-refractivity contribution in [2.45, 2.75) is 0 Å². The molecule has 0 spiro atoms. The first kappa shape index (κ1) is 13.6. The molecule has 0 aliphatic carbocycles. The molecule has 0 fully saturated rings. The van der Waals surface area contributed by atoms with Gasteiger partial charge in [-0.15, -0.1) is 0 Å². The largest absolute Gasteiger partial charge is 0.455 e. The van der Waals surface area contributed by atoms with Crippen LogP contribution in [0, 0.1) is 0 Å². The van der Waals surface area contributed by atoms with E-state index in [2.05, 4.69) is 54.6 Å². The van der Waals surface area contributed by atoms with E-state index in [9.17, 15) is 0 Å². The Labute approximate surface area is 144 Å². The van der Waals surface area contributed by atoms with Crippen molar-refractivity contribution in [3.05, 3.63) is 83.9 Å². The first-order valence-corrected chi connectivity index (χ1v) is 8.28. The maximum Gasteiger partial charge on any atom is 0.144 e. The molecule has 0 aliphatic rings. The predicted molar refractivity (Wildman–Crippen MR) is 102 cm³/mol. The summed E-state index contributed by atoms with van der Waals surface area (Å²) in [5, 5.41) is 5.19. The monoisotopic (exact) mass is 328 g/mol. The van der Waals surface area contributed by atoms with Crippen LogP contribution in [0.2, 0.25) is 5.02 Å². The average Bonchev–Trinajstić information content (AvgIpc) is 3.02.